The molecule has 1 aromatic heterocycles. The van der Waals surface area contributed by atoms with Crippen LogP contribution >= 0.6 is 0 Å². The maximum atomic E-state index is 13.5. The Bertz CT molecular complexity index is 1460. The number of nitrogens with two attached hydrogens (primary N) is 2. The van der Waals surface area contributed by atoms with Gasteiger partial charge in [-0.3, -0.25) is 24.0 Å². The average Bonchev–Trinajstić information content (AvgIpc) is 3.34. The smallest absolute Gasteiger partial charge is 0.326 e. The third-order valence-electron chi connectivity index (χ3n) is 6.40. The molecule has 42 heavy (non-hydrogen) atoms. The van der Waals surface area contributed by atoms with E-state index in [4.69, 9.17) is 11.5 Å². The van der Waals surface area contributed by atoms with Crippen molar-refractivity contribution >= 4 is 46.5 Å². The standard InChI is InChI=1S/C28H32N6O8/c29-18(12-23(30)35)25(38)32-21(13-24(36)37)27(40)33-20(11-16-14-31-19-9-5-4-8-17(16)19)26(39)34-22(28(41)42)10-15-6-2-1-3-7-15/h1-9,14,18,20-22,31H,10-13,29H2,(H2,30,35)(H,32,38)(H,33,40)(H,34,39)(H,36,37)(H,41,42). The van der Waals surface area contributed by atoms with Crippen LogP contribution in [0.5, 0.6) is 0 Å². The molecule has 0 radical (unpaired) electrons. The first-order valence-electron chi connectivity index (χ1n) is 12.9. The maximum absolute atomic E-state index is 13.5. The molecule has 3 rings (SSSR count). The largest absolute Gasteiger partial charge is 0.481 e. The summed E-state index contributed by atoms with van der Waals surface area (Å²) >= 11 is 0. The first-order valence-corrected chi connectivity index (χ1v) is 12.9. The van der Waals surface area contributed by atoms with Gasteiger partial charge in [0.2, 0.25) is 23.6 Å². The van der Waals surface area contributed by atoms with Crippen molar-refractivity contribution in [2.75, 3.05) is 0 Å². The van der Waals surface area contributed by atoms with Gasteiger partial charge in [0.05, 0.1) is 18.9 Å². The molecule has 0 fully saturated rings. The molecule has 0 bridgehead atoms. The van der Waals surface area contributed by atoms with Crippen molar-refractivity contribution < 1.29 is 39.0 Å². The van der Waals surface area contributed by atoms with Gasteiger partial charge in [0, 0.05) is 29.9 Å². The van der Waals surface area contributed by atoms with E-state index in [1.807, 2.05) is 0 Å². The van der Waals surface area contributed by atoms with Crippen LogP contribution in [0.15, 0.2) is 60.8 Å². The number of primary amides is 1. The Morgan fingerprint density at radius 1 is 0.738 bits per heavy atom. The van der Waals surface area contributed by atoms with Crippen LogP contribution in [0.4, 0.5) is 0 Å². The van der Waals surface area contributed by atoms with Crippen LogP contribution in [0, 0.1) is 0 Å². The first kappa shape index (κ1) is 31.3. The Hall–Kier alpha value is -5.24. The molecule has 14 nitrogen and oxygen atoms in total. The number of carbonyl (C=O) groups is 6. The van der Waals surface area contributed by atoms with Crippen LogP contribution in [0.2, 0.25) is 0 Å². The highest BCUT2D eigenvalue weighted by molar-refractivity contribution is 5.97. The average molecular weight is 581 g/mol. The number of H-pyrrole nitrogens is 1. The molecule has 0 saturated carbocycles. The lowest BCUT2D eigenvalue weighted by Crippen LogP contribution is -2.58. The molecule has 222 valence electrons. The van der Waals surface area contributed by atoms with Crippen molar-refractivity contribution in [1.82, 2.24) is 20.9 Å². The zero-order chi connectivity index (χ0) is 30.8. The molecular formula is C28H32N6O8. The molecule has 0 saturated heterocycles. The van der Waals surface area contributed by atoms with Crippen LogP contribution in [0.25, 0.3) is 10.9 Å². The lowest BCUT2D eigenvalue weighted by molar-refractivity contribution is -0.143. The predicted molar refractivity (Wildman–Crippen MR) is 150 cm³/mol. The third kappa shape index (κ3) is 8.89. The number of amides is 4. The first-order chi connectivity index (χ1) is 19.9. The lowest BCUT2D eigenvalue weighted by Gasteiger charge is -2.24. The second-order valence-electron chi connectivity index (χ2n) is 9.65. The highest BCUT2D eigenvalue weighted by Crippen LogP contribution is 2.19. The highest BCUT2D eigenvalue weighted by atomic mass is 16.4. The van der Waals surface area contributed by atoms with E-state index >= 15 is 0 Å². The van der Waals surface area contributed by atoms with Crippen molar-refractivity contribution in [3.63, 3.8) is 0 Å². The molecule has 4 atom stereocenters. The highest BCUT2D eigenvalue weighted by Gasteiger charge is 2.32. The fourth-order valence-electron chi connectivity index (χ4n) is 4.30. The van der Waals surface area contributed by atoms with Gasteiger partial charge < -0.3 is 42.6 Å². The molecular weight excluding hydrogens is 548 g/mol. The molecule has 10 N–H and O–H groups in total. The lowest BCUT2D eigenvalue weighted by atomic mass is 10.0. The minimum absolute atomic E-state index is 0.0366. The van der Waals surface area contributed by atoms with E-state index in [-0.39, 0.29) is 12.8 Å². The van der Waals surface area contributed by atoms with Crippen LogP contribution in [0.1, 0.15) is 24.0 Å². The van der Waals surface area contributed by atoms with E-state index < -0.39 is 72.6 Å². The third-order valence-corrected chi connectivity index (χ3v) is 6.40. The van der Waals surface area contributed by atoms with Crippen molar-refractivity contribution in [3.05, 3.63) is 71.9 Å². The summed E-state index contributed by atoms with van der Waals surface area (Å²) in [6, 6.07) is 9.97. The van der Waals surface area contributed by atoms with Crippen molar-refractivity contribution in [2.24, 2.45) is 11.5 Å². The fourth-order valence-corrected chi connectivity index (χ4v) is 4.30. The van der Waals surface area contributed by atoms with Gasteiger partial charge in [-0.15, -0.1) is 0 Å². The summed E-state index contributed by atoms with van der Waals surface area (Å²) in [5, 5.41) is 26.9. The number of aliphatic carboxylic acids is 2. The number of nitrogens with one attached hydrogen (secondary N) is 4. The monoisotopic (exact) mass is 580 g/mol. The van der Waals surface area contributed by atoms with E-state index in [2.05, 4.69) is 20.9 Å². The Morgan fingerprint density at radius 2 is 1.33 bits per heavy atom. The Labute approximate surface area is 239 Å². The van der Waals surface area contributed by atoms with Crippen LogP contribution in [0.3, 0.4) is 0 Å². The quantitative estimate of drug-likeness (QED) is 0.112. The summed E-state index contributed by atoms with van der Waals surface area (Å²) in [4.78, 5) is 76.8. The minimum Gasteiger partial charge on any atom is -0.481 e. The number of carboxylic acids is 2. The van der Waals surface area contributed by atoms with Gasteiger partial charge in [-0.05, 0) is 17.2 Å². The fraction of sp³-hybridized carbons (Fsp3) is 0.286. The van der Waals surface area contributed by atoms with Crippen molar-refractivity contribution in [3.8, 4) is 0 Å². The molecule has 1 heterocycles. The molecule has 2 aromatic carbocycles. The van der Waals surface area contributed by atoms with E-state index in [0.29, 0.717) is 11.1 Å². The van der Waals surface area contributed by atoms with E-state index in [0.717, 1.165) is 10.9 Å². The number of hydrogen-bond acceptors (Lipinski definition) is 7. The van der Waals surface area contributed by atoms with Gasteiger partial charge in [0.25, 0.3) is 0 Å². The Kier molecular flexibility index (Phi) is 10.7. The number of para-hydroxylation sites is 1. The molecule has 0 spiro atoms. The van der Waals surface area contributed by atoms with Gasteiger partial charge >= 0.3 is 11.9 Å². The summed E-state index contributed by atoms with van der Waals surface area (Å²) in [7, 11) is 0. The zero-order valence-electron chi connectivity index (χ0n) is 22.4. The second-order valence-corrected chi connectivity index (χ2v) is 9.65. The molecule has 4 unspecified atom stereocenters. The number of rotatable bonds is 15. The molecule has 0 aliphatic rings. The van der Waals surface area contributed by atoms with Gasteiger partial charge in [0.15, 0.2) is 0 Å². The van der Waals surface area contributed by atoms with E-state index in [9.17, 15) is 39.0 Å². The van der Waals surface area contributed by atoms with Gasteiger partial charge in [0.1, 0.15) is 18.1 Å². The number of aromatic nitrogens is 1. The summed E-state index contributed by atoms with van der Waals surface area (Å²) in [6.45, 7) is 0. The number of carboxylic acid groups (broad SMARTS) is 2. The van der Waals surface area contributed by atoms with Crippen molar-refractivity contribution in [2.45, 2.75) is 49.9 Å². The second kappa shape index (κ2) is 14.4. The minimum atomic E-state index is -1.67. The summed E-state index contributed by atoms with van der Waals surface area (Å²) in [5.41, 5.74) is 12.7. The zero-order valence-corrected chi connectivity index (χ0v) is 22.4. The van der Waals surface area contributed by atoms with Gasteiger partial charge in [-0.1, -0.05) is 48.5 Å². The van der Waals surface area contributed by atoms with Crippen LogP contribution in [-0.2, 0) is 41.6 Å². The van der Waals surface area contributed by atoms with Gasteiger partial charge in [-0.25, -0.2) is 4.79 Å². The SMILES string of the molecule is NC(=O)CC(N)C(=O)NC(CC(=O)O)C(=O)NC(Cc1c[nH]c2ccccc12)C(=O)NC(Cc1ccccc1)C(=O)O. The number of benzene rings is 2. The normalized spacial score (nSPS) is 13.7. The number of hydrogen-bond donors (Lipinski definition) is 8. The molecule has 4 amide bonds. The van der Waals surface area contributed by atoms with E-state index in [1.165, 1.54) is 0 Å². The Morgan fingerprint density at radius 3 is 1.98 bits per heavy atom. The van der Waals surface area contributed by atoms with E-state index in [1.54, 1.807) is 60.8 Å². The summed E-state index contributed by atoms with van der Waals surface area (Å²) in [6.07, 6.45) is 0.0826. The topological polar surface area (TPSA) is 247 Å². The summed E-state index contributed by atoms with van der Waals surface area (Å²) < 4.78 is 0. The van der Waals surface area contributed by atoms with Crippen LogP contribution < -0.4 is 27.4 Å². The molecule has 0 aliphatic heterocycles. The predicted octanol–water partition coefficient (Wildman–Crippen LogP) is -0.830. The molecule has 14 heteroatoms. The van der Waals surface area contributed by atoms with Gasteiger partial charge in [-0.2, -0.15) is 0 Å². The van der Waals surface area contributed by atoms with Crippen LogP contribution in [-0.4, -0.2) is 74.9 Å². The summed E-state index contributed by atoms with van der Waals surface area (Å²) in [5.74, 6) is -6.50. The number of aromatic amines is 1. The Balaban J connectivity index is 1.86. The number of fused-ring (bicyclic) bond motifs is 1. The number of carbonyl (C=O) groups excluding carboxylic acids is 4. The molecule has 3 aromatic rings. The maximum Gasteiger partial charge on any atom is 0.326 e. The van der Waals surface area contributed by atoms with Crippen molar-refractivity contribution in [1.29, 1.82) is 0 Å². The molecule has 0 aliphatic carbocycles.